The minimum absolute atomic E-state index is 0.391. The summed E-state index contributed by atoms with van der Waals surface area (Å²) in [4.78, 5) is 8.84. The van der Waals surface area contributed by atoms with Crippen molar-refractivity contribution in [1.29, 1.82) is 0 Å². The van der Waals surface area contributed by atoms with Gasteiger partial charge in [-0.25, -0.2) is 0 Å². The minimum atomic E-state index is 0.391. The third-order valence-electron chi connectivity index (χ3n) is 5.77. The maximum atomic E-state index is 5.69. The van der Waals surface area contributed by atoms with Crippen LogP contribution in [0.5, 0.6) is 0 Å². The van der Waals surface area contributed by atoms with Gasteiger partial charge in [0.05, 0.1) is 23.5 Å². The zero-order valence-corrected chi connectivity index (χ0v) is 16.7. The average molecular weight is 400 g/mol. The van der Waals surface area contributed by atoms with Gasteiger partial charge in [-0.2, -0.15) is 10.1 Å². The van der Waals surface area contributed by atoms with E-state index in [-0.39, 0.29) is 0 Å². The van der Waals surface area contributed by atoms with Crippen molar-refractivity contribution in [3.05, 3.63) is 60.6 Å². The van der Waals surface area contributed by atoms with E-state index in [1.807, 2.05) is 42.6 Å². The van der Waals surface area contributed by atoms with Gasteiger partial charge in [0.25, 0.3) is 5.89 Å². The van der Waals surface area contributed by atoms with E-state index in [2.05, 4.69) is 19.8 Å². The van der Waals surface area contributed by atoms with Gasteiger partial charge >= 0.3 is 0 Å². The fourth-order valence-corrected chi connectivity index (χ4v) is 4.16. The highest BCUT2D eigenvalue weighted by Gasteiger charge is 2.25. The Morgan fingerprint density at radius 3 is 2.47 bits per heavy atom. The van der Waals surface area contributed by atoms with Gasteiger partial charge in [0.2, 0.25) is 5.82 Å². The second-order valence-electron chi connectivity index (χ2n) is 7.70. The van der Waals surface area contributed by atoms with Crippen molar-refractivity contribution in [1.82, 2.24) is 24.9 Å². The molecule has 7 nitrogen and oxygen atoms in total. The molecule has 3 aromatic heterocycles. The number of benzene rings is 1. The molecule has 0 amide bonds. The number of pyridine rings is 1. The van der Waals surface area contributed by atoms with E-state index in [1.54, 1.807) is 12.4 Å². The summed E-state index contributed by atoms with van der Waals surface area (Å²) in [6.07, 6.45) is 11.5. The van der Waals surface area contributed by atoms with Crippen LogP contribution in [0.1, 0.15) is 43.7 Å². The lowest BCUT2D eigenvalue weighted by atomic mass is 9.95. The lowest BCUT2D eigenvalue weighted by molar-refractivity contribution is 0.332. The molecule has 7 heteroatoms. The maximum Gasteiger partial charge on any atom is 0.262 e. The number of hydrogen-bond donors (Lipinski definition) is 1. The molecular weight excluding hydrogens is 376 g/mol. The molecule has 30 heavy (non-hydrogen) atoms. The highest BCUT2D eigenvalue weighted by atomic mass is 16.5. The Hall–Kier alpha value is -3.32. The molecule has 152 valence electrons. The first-order valence-corrected chi connectivity index (χ1v) is 10.4. The first-order valence-electron chi connectivity index (χ1n) is 10.4. The molecule has 0 atom stereocenters. The number of hydrogen-bond acceptors (Lipinski definition) is 6. The Bertz CT molecular complexity index is 1110. The predicted molar refractivity (Wildman–Crippen MR) is 114 cm³/mol. The molecule has 0 spiro atoms. The Morgan fingerprint density at radius 1 is 0.967 bits per heavy atom. The van der Waals surface area contributed by atoms with Gasteiger partial charge in [0, 0.05) is 30.1 Å². The van der Waals surface area contributed by atoms with Gasteiger partial charge in [0.1, 0.15) is 0 Å². The summed E-state index contributed by atoms with van der Waals surface area (Å²) in [5.41, 5.74) is 10.6. The molecule has 3 heterocycles. The summed E-state index contributed by atoms with van der Waals surface area (Å²) in [6.45, 7) is 0.507. The lowest BCUT2D eigenvalue weighted by Crippen LogP contribution is -2.15. The molecule has 0 bridgehead atoms. The van der Waals surface area contributed by atoms with Crippen molar-refractivity contribution < 1.29 is 4.52 Å². The normalized spacial score (nSPS) is 14.8. The first kappa shape index (κ1) is 18.7. The Kier molecular flexibility index (Phi) is 5.11. The fourth-order valence-electron chi connectivity index (χ4n) is 4.16. The van der Waals surface area contributed by atoms with Gasteiger partial charge in [-0.1, -0.05) is 48.7 Å². The first-order chi connectivity index (χ1) is 14.8. The summed E-state index contributed by atoms with van der Waals surface area (Å²) < 4.78 is 7.81. The summed E-state index contributed by atoms with van der Waals surface area (Å²) >= 11 is 0. The molecule has 0 saturated heterocycles. The SMILES string of the molecule is NCc1ccc(-c2noc(-c3cnn(C4CCCCC4)c3-c3ccncc3)n2)cc1. The largest absolute Gasteiger partial charge is 0.333 e. The van der Waals surface area contributed by atoms with Crippen LogP contribution in [0, 0.1) is 0 Å². The van der Waals surface area contributed by atoms with E-state index in [0.29, 0.717) is 24.3 Å². The predicted octanol–water partition coefficient (Wildman–Crippen LogP) is 4.63. The van der Waals surface area contributed by atoms with Crippen LogP contribution >= 0.6 is 0 Å². The van der Waals surface area contributed by atoms with Crippen molar-refractivity contribution >= 4 is 0 Å². The van der Waals surface area contributed by atoms with Crippen LogP contribution in [-0.2, 0) is 6.54 Å². The molecule has 1 aliphatic rings. The van der Waals surface area contributed by atoms with Crippen LogP contribution in [0.4, 0.5) is 0 Å². The summed E-state index contributed by atoms with van der Waals surface area (Å²) in [7, 11) is 0. The van der Waals surface area contributed by atoms with Crippen LogP contribution in [0.15, 0.2) is 59.5 Å². The van der Waals surface area contributed by atoms with E-state index >= 15 is 0 Å². The van der Waals surface area contributed by atoms with Crippen molar-refractivity contribution in [2.45, 2.75) is 44.7 Å². The van der Waals surface area contributed by atoms with Crippen LogP contribution in [-0.4, -0.2) is 24.9 Å². The van der Waals surface area contributed by atoms with Crippen molar-refractivity contribution in [3.8, 4) is 34.1 Å². The molecule has 1 aliphatic carbocycles. The number of nitrogens with zero attached hydrogens (tertiary/aromatic N) is 5. The Morgan fingerprint density at radius 2 is 1.73 bits per heavy atom. The zero-order valence-electron chi connectivity index (χ0n) is 16.7. The number of aromatic nitrogens is 5. The average Bonchev–Trinajstić information content (AvgIpc) is 3.48. The van der Waals surface area contributed by atoms with Gasteiger partial charge in [-0.05, 0) is 30.5 Å². The molecule has 0 unspecified atom stereocenters. The van der Waals surface area contributed by atoms with Crippen molar-refractivity contribution in [2.75, 3.05) is 0 Å². The molecule has 4 aromatic rings. The third kappa shape index (κ3) is 3.52. The molecule has 0 aliphatic heterocycles. The smallest absolute Gasteiger partial charge is 0.262 e. The molecule has 1 aromatic carbocycles. The Balaban J connectivity index is 1.56. The van der Waals surface area contributed by atoms with E-state index < -0.39 is 0 Å². The standard InChI is InChI=1S/C23H24N6O/c24-14-16-6-8-18(9-7-16)22-27-23(30-28-22)20-15-26-29(19-4-2-1-3-5-19)21(20)17-10-12-25-13-11-17/h6-13,15,19H,1-5,14,24H2. The van der Waals surface area contributed by atoms with Gasteiger partial charge < -0.3 is 10.3 Å². The summed E-state index contributed by atoms with van der Waals surface area (Å²) in [6, 6.07) is 12.3. The second-order valence-corrected chi connectivity index (χ2v) is 7.70. The summed E-state index contributed by atoms with van der Waals surface area (Å²) in [5, 5.41) is 8.96. The van der Waals surface area contributed by atoms with Crippen LogP contribution < -0.4 is 5.73 Å². The highest BCUT2D eigenvalue weighted by molar-refractivity contribution is 5.77. The highest BCUT2D eigenvalue weighted by Crippen LogP contribution is 2.37. The molecule has 1 fully saturated rings. The number of nitrogens with two attached hydrogens (primary N) is 1. The van der Waals surface area contributed by atoms with E-state index in [0.717, 1.165) is 40.8 Å². The van der Waals surface area contributed by atoms with Crippen LogP contribution in [0.25, 0.3) is 34.1 Å². The molecule has 0 radical (unpaired) electrons. The van der Waals surface area contributed by atoms with Gasteiger partial charge in [0.15, 0.2) is 0 Å². The van der Waals surface area contributed by atoms with Crippen molar-refractivity contribution in [2.24, 2.45) is 5.73 Å². The van der Waals surface area contributed by atoms with Gasteiger partial charge in [-0.3, -0.25) is 9.67 Å². The van der Waals surface area contributed by atoms with Gasteiger partial charge in [-0.15, -0.1) is 0 Å². The minimum Gasteiger partial charge on any atom is -0.333 e. The maximum absolute atomic E-state index is 5.69. The van der Waals surface area contributed by atoms with E-state index in [4.69, 9.17) is 15.4 Å². The van der Waals surface area contributed by atoms with E-state index in [1.165, 1.54) is 19.3 Å². The third-order valence-corrected chi connectivity index (χ3v) is 5.77. The quantitative estimate of drug-likeness (QED) is 0.525. The summed E-state index contributed by atoms with van der Waals surface area (Å²) in [5.74, 6) is 1.03. The second kappa shape index (κ2) is 8.20. The van der Waals surface area contributed by atoms with E-state index in [9.17, 15) is 0 Å². The lowest BCUT2D eigenvalue weighted by Gasteiger charge is -2.24. The molecule has 2 N–H and O–H groups in total. The molecule has 5 rings (SSSR count). The Labute approximate surface area is 175 Å². The monoisotopic (exact) mass is 400 g/mol. The van der Waals surface area contributed by atoms with Crippen molar-refractivity contribution in [3.63, 3.8) is 0 Å². The molecular formula is C23H24N6O. The fraction of sp³-hybridized carbons (Fsp3) is 0.304. The topological polar surface area (TPSA) is 95.7 Å². The number of rotatable bonds is 5. The van der Waals surface area contributed by atoms with Crippen LogP contribution in [0.2, 0.25) is 0 Å². The van der Waals surface area contributed by atoms with Crippen LogP contribution in [0.3, 0.4) is 0 Å². The molecule has 1 saturated carbocycles. The zero-order chi connectivity index (χ0) is 20.3.